The molecule has 0 bridgehead atoms. The van der Waals surface area contributed by atoms with Crippen molar-refractivity contribution >= 4 is 40.2 Å². The highest BCUT2D eigenvalue weighted by Gasteiger charge is 2.17. The van der Waals surface area contributed by atoms with Gasteiger partial charge in [0, 0.05) is 16.8 Å². The van der Waals surface area contributed by atoms with Crippen molar-refractivity contribution in [3.63, 3.8) is 0 Å². The van der Waals surface area contributed by atoms with Gasteiger partial charge in [0.05, 0.1) is 27.0 Å². The summed E-state index contributed by atoms with van der Waals surface area (Å²) < 4.78 is 11.1. The number of aryl methyl sites for hydroxylation is 1. The van der Waals surface area contributed by atoms with Crippen molar-refractivity contribution in [3.8, 4) is 22.1 Å². The van der Waals surface area contributed by atoms with Crippen LogP contribution >= 0.6 is 34.3 Å². The van der Waals surface area contributed by atoms with Gasteiger partial charge in [-0.3, -0.25) is 4.79 Å². The monoisotopic (exact) mass is 434 g/mol. The van der Waals surface area contributed by atoms with Crippen LogP contribution in [0.1, 0.15) is 15.4 Å². The molecule has 1 aliphatic heterocycles. The number of hydrogen-bond acceptors (Lipinski definition) is 6. The standard InChI is InChI=1S/C20H19ClN2O3S2/c1-12-23-16(11-27-12)18-3-2-14(28-18)4-5-22-19(24)10-13-8-15(21)20-17(9-13)25-6-7-26-20/h2-3,8-9,11H,4-7,10H2,1H3,(H,22,24). The lowest BCUT2D eigenvalue weighted by Gasteiger charge is -2.20. The molecule has 0 fully saturated rings. The molecule has 5 nitrogen and oxygen atoms in total. The zero-order valence-corrected chi connectivity index (χ0v) is 17.7. The molecule has 0 atom stereocenters. The summed E-state index contributed by atoms with van der Waals surface area (Å²) >= 11 is 9.60. The Hall–Kier alpha value is -2.09. The van der Waals surface area contributed by atoms with Crippen LogP contribution in [0.15, 0.2) is 29.6 Å². The molecule has 8 heteroatoms. The van der Waals surface area contributed by atoms with Crippen molar-refractivity contribution in [2.45, 2.75) is 19.8 Å². The first kappa shape index (κ1) is 19.2. The first-order chi connectivity index (χ1) is 13.6. The lowest BCUT2D eigenvalue weighted by atomic mass is 10.1. The first-order valence-electron chi connectivity index (χ1n) is 8.94. The molecule has 0 spiro atoms. The summed E-state index contributed by atoms with van der Waals surface area (Å²) in [5, 5.41) is 6.59. The molecular weight excluding hydrogens is 416 g/mol. The highest BCUT2D eigenvalue weighted by atomic mass is 35.5. The Balaban J connectivity index is 1.29. The molecule has 1 N–H and O–H groups in total. The van der Waals surface area contributed by atoms with Crippen molar-refractivity contribution in [2.24, 2.45) is 0 Å². The fraction of sp³-hybridized carbons (Fsp3) is 0.300. The first-order valence-corrected chi connectivity index (χ1v) is 11.0. The molecule has 1 amide bonds. The molecule has 0 saturated carbocycles. The van der Waals surface area contributed by atoms with Crippen LogP contribution in [0, 0.1) is 6.92 Å². The lowest BCUT2D eigenvalue weighted by molar-refractivity contribution is -0.120. The summed E-state index contributed by atoms with van der Waals surface area (Å²) in [5.74, 6) is 1.12. The van der Waals surface area contributed by atoms with Gasteiger partial charge in [-0.25, -0.2) is 4.98 Å². The van der Waals surface area contributed by atoms with Crippen LogP contribution in [0.2, 0.25) is 5.02 Å². The maximum atomic E-state index is 12.3. The summed E-state index contributed by atoms with van der Waals surface area (Å²) in [7, 11) is 0. The fourth-order valence-electron chi connectivity index (χ4n) is 2.97. The summed E-state index contributed by atoms with van der Waals surface area (Å²) in [6.07, 6.45) is 1.05. The van der Waals surface area contributed by atoms with Crippen LogP contribution < -0.4 is 14.8 Å². The van der Waals surface area contributed by atoms with Crippen LogP contribution in [-0.2, 0) is 17.6 Å². The zero-order valence-electron chi connectivity index (χ0n) is 15.3. The molecule has 0 saturated heterocycles. The third kappa shape index (κ3) is 4.48. The largest absolute Gasteiger partial charge is 0.486 e. The van der Waals surface area contributed by atoms with Crippen molar-refractivity contribution in [1.29, 1.82) is 0 Å². The smallest absolute Gasteiger partial charge is 0.224 e. The number of carbonyl (C=O) groups excluding carboxylic acids is 1. The number of aromatic nitrogens is 1. The predicted molar refractivity (Wildman–Crippen MR) is 113 cm³/mol. The van der Waals surface area contributed by atoms with Gasteiger partial charge in [-0.2, -0.15) is 0 Å². The van der Waals surface area contributed by atoms with Gasteiger partial charge in [-0.05, 0) is 43.2 Å². The Labute approximate surface area is 176 Å². The summed E-state index contributed by atoms with van der Waals surface area (Å²) in [6, 6.07) is 7.77. The van der Waals surface area contributed by atoms with E-state index in [2.05, 4.69) is 27.8 Å². The third-order valence-electron chi connectivity index (χ3n) is 4.25. The van der Waals surface area contributed by atoms with E-state index in [9.17, 15) is 4.79 Å². The fourth-order valence-corrected chi connectivity index (χ4v) is 4.91. The Kier molecular flexibility index (Phi) is 5.85. The summed E-state index contributed by atoms with van der Waals surface area (Å²) in [4.78, 5) is 19.2. The second-order valence-corrected chi connectivity index (χ2v) is 9.03. The Morgan fingerprint density at radius 1 is 1.29 bits per heavy atom. The SMILES string of the molecule is Cc1nc(-c2ccc(CCNC(=O)Cc3cc(Cl)c4c(c3)OCCO4)s2)cs1. The van der Waals surface area contributed by atoms with E-state index in [0.29, 0.717) is 36.3 Å². The molecule has 1 aliphatic rings. The van der Waals surface area contributed by atoms with E-state index in [0.717, 1.165) is 27.6 Å². The number of benzene rings is 1. The minimum Gasteiger partial charge on any atom is -0.486 e. The van der Waals surface area contributed by atoms with Crippen LogP contribution in [0.5, 0.6) is 11.5 Å². The van der Waals surface area contributed by atoms with Crippen molar-refractivity contribution in [1.82, 2.24) is 10.3 Å². The normalized spacial score (nSPS) is 12.8. The summed E-state index contributed by atoms with van der Waals surface area (Å²) in [5.41, 5.74) is 1.84. The highest BCUT2D eigenvalue weighted by molar-refractivity contribution is 7.16. The number of thiophene rings is 1. The van der Waals surface area contributed by atoms with E-state index in [4.69, 9.17) is 21.1 Å². The molecule has 0 radical (unpaired) electrons. The predicted octanol–water partition coefficient (Wildman–Crippen LogP) is 4.51. The van der Waals surface area contributed by atoms with E-state index in [1.54, 1.807) is 28.7 Å². The van der Waals surface area contributed by atoms with Crippen LogP contribution in [-0.4, -0.2) is 30.6 Å². The Morgan fingerprint density at radius 3 is 2.96 bits per heavy atom. The van der Waals surface area contributed by atoms with Crippen LogP contribution in [0.3, 0.4) is 0 Å². The van der Waals surface area contributed by atoms with Gasteiger partial charge in [0.25, 0.3) is 0 Å². The molecule has 3 heterocycles. The molecule has 2 aromatic heterocycles. The second-order valence-electron chi connectivity index (χ2n) is 6.40. The highest BCUT2D eigenvalue weighted by Crippen LogP contribution is 2.38. The van der Waals surface area contributed by atoms with Gasteiger partial charge >= 0.3 is 0 Å². The number of nitrogens with one attached hydrogen (secondary N) is 1. The van der Waals surface area contributed by atoms with Gasteiger partial charge in [0.2, 0.25) is 5.91 Å². The minimum atomic E-state index is -0.0420. The number of fused-ring (bicyclic) bond motifs is 1. The molecule has 0 unspecified atom stereocenters. The number of nitrogens with zero attached hydrogens (tertiary/aromatic N) is 1. The maximum absolute atomic E-state index is 12.3. The van der Waals surface area contributed by atoms with E-state index in [1.165, 1.54) is 4.88 Å². The lowest BCUT2D eigenvalue weighted by Crippen LogP contribution is -2.27. The van der Waals surface area contributed by atoms with Crippen molar-refractivity contribution < 1.29 is 14.3 Å². The number of ether oxygens (including phenoxy) is 2. The number of halogens is 1. The molecule has 0 aliphatic carbocycles. The number of amides is 1. The molecule has 28 heavy (non-hydrogen) atoms. The number of carbonyl (C=O) groups is 1. The Morgan fingerprint density at radius 2 is 2.14 bits per heavy atom. The topological polar surface area (TPSA) is 60.5 Å². The van der Waals surface area contributed by atoms with Gasteiger partial charge in [0.15, 0.2) is 11.5 Å². The van der Waals surface area contributed by atoms with E-state index < -0.39 is 0 Å². The molecule has 4 rings (SSSR count). The van der Waals surface area contributed by atoms with Crippen molar-refractivity contribution in [2.75, 3.05) is 19.8 Å². The van der Waals surface area contributed by atoms with Crippen molar-refractivity contribution in [3.05, 3.63) is 50.1 Å². The minimum absolute atomic E-state index is 0.0420. The van der Waals surface area contributed by atoms with Crippen LogP contribution in [0.4, 0.5) is 0 Å². The number of thiazole rings is 1. The van der Waals surface area contributed by atoms with Crippen LogP contribution in [0.25, 0.3) is 10.6 Å². The maximum Gasteiger partial charge on any atom is 0.224 e. The quantitative estimate of drug-likeness (QED) is 0.620. The van der Waals surface area contributed by atoms with E-state index in [1.807, 2.05) is 13.0 Å². The van der Waals surface area contributed by atoms with E-state index >= 15 is 0 Å². The molecule has 146 valence electrons. The number of rotatable bonds is 6. The molecule has 3 aromatic rings. The average molecular weight is 435 g/mol. The third-order valence-corrected chi connectivity index (χ3v) is 6.47. The molecule has 1 aromatic carbocycles. The summed E-state index contributed by atoms with van der Waals surface area (Å²) in [6.45, 7) is 3.57. The van der Waals surface area contributed by atoms with E-state index in [-0.39, 0.29) is 12.3 Å². The Bertz CT molecular complexity index is 999. The second kappa shape index (κ2) is 8.51. The van der Waals surface area contributed by atoms with Gasteiger partial charge in [-0.15, -0.1) is 22.7 Å². The van der Waals surface area contributed by atoms with Gasteiger partial charge < -0.3 is 14.8 Å². The van der Waals surface area contributed by atoms with Gasteiger partial charge in [-0.1, -0.05) is 11.6 Å². The molecular formula is C20H19ClN2O3S2. The average Bonchev–Trinajstić information content (AvgIpc) is 3.31. The zero-order chi connectivity index (χ0) is 19.5. The number of hydrogen-bond donors (Lipinski definition) is 1. The van der Waals surface area contributed by atoms with Gasteiger partial charge in [0.1, 0.15) is 13.2 Å².